The molecular weight excluding hydrogens is 208 g/mol. The Hall–Kier alpha value is -0.0800. The second-order valence-electron chi connectivity index (χ2n) is 1.94. The zero-order chi connectivity index (χ0) is 7.23. The average Bonchev–Trinajstić information content (AvgIpc) is 2.41. The monoisotopic (exact) mass is 216 g/mol. The molecule has 0 saturated heterocycles. The molecule has 1 rings (SSSR count). The molecule has 0 bridgehead atoms. The van der Waals surface area contributed by atoms with Crippen LogP contribution in [0.25, 0.3) is 6.08 Å². The van der Waals surface area contributed by atoms with Gasteiger partial charge in [-0.25, -0.2) is 0 Å². The van der Waals surface area contributed by atoms with Crippen LogP contribution in [0, 0.1) is 0 Å². The standard InChI is InChI=1S/C8H9BrS/c9-5-2-1-3-8-4-6-10-7-8/h1,3-4,6-7H,2,5H2. The molecule has 0 amide bonds. The van der Waals surface area contributed by atoms with Crippen LogP contribution < -0.4 is 0 Å². The molecule has 10 heavy (non-hydrogen) atoms. The maximum atomic E-state index is 3.37. The summed E-state index contributed by atoms with van der Waals surface area (Å²) in [6.07, 6.45) is 5.43. The van der Waals surface area contributed by atoms with Gasteiger partial charge in [-0.1, -0.05) is 28.1 Å². The summed E-state index contributed by atoms with van der Waals surface area (Å²) >= 11 is 5.10. The van der Waals surface area contributed by atoms with E-state index in [-0.39, 0.29) is 0 Å². The number of thiophene rings is 1. The van der Waals surface area contributed by atoms with E-state index in [2.05, 4.69) is 44.9 Å². The van der Waals surface area contributed by atoms with E-state index in [4.69, 9.17) is 0 Å². The van der Waals surface area contributed by atoms with Crippen molar-refractivity contribution in [1.29, 1.82) is 0 Å². The minimum Gasteiger partial charge on any atom is -0.152 e. The van der Waals surface area contributed by atoms with Crippen LogP contribution in [-0.4, -0.2) is 5.33 Å². The number of halogens is 1. The van der Waals surface area contributed by atoms with Crippen LogP contribution in [0.15, 0.2) is 22.9 Å². The number of hydrogen-bond donors (Lipinski definition) is 0. The Bertz CT molecular complexity index is 189. The molecule has 0 nitrogen and oxygen atoms in total. The Morgan fingerprint density at radius 3 is 3.10 bits per heavy atom. The van der Waals surface area contributed by atoms with Crippen LogP contribution in [0.5, 0.6) is 0 Å². The highest BCUT2D eigenvalue weighted by molar-refractivity contribution is 9.09. The van der Waals surface area contributed by atoms with Gasteiger partial charge in [-0.3, -0.25) is 0 Å². The van der Waals surface area contributed by atoms with E-state index in [0.717, 1.165) is 11.8 Å². The van der Waals surface area contributed by atoms with E-state index >= 15 is 0 Å². The Morgan fingerprint density at radius 2 is 2.50 bits per heavy atom. The molecule has 0 atom stereocenters. The minimum absolute atomic E-state index is 1.05. The molecule has 2 heteroatoms. The van der Waals surface area contributed by atoms with Gasteiger partial charge in [-0.15, -0.1) is 0 Å². The quantitative estimate of drug-likeness (QED) is 0.679. The average molecular weight is 217 g/mol. The van der Waals surface area contributed by atoms with Crippen LogP contribution in [0.1, 0.15) is 12.0 Å². The highest BCUT2D eigenvalue weighted by Crippen LogP contribution is 2.08. The van der Waals surface area contributed by atoms with E-state index in [1.54, 1.807) is 11.3 Å². The molecule has 0 fully saturated rings. The first-order valence-electron chi connectivity index (χ1n) is 3.18. The molecule has 1 aromatic heterocycles. The zero-order valence-corrected chi connectivity index (χ0v) is 7.99. The highest BCUT2D eigenvalue weighted by Gasteiger charge is 1.82. The van der Waals surface area contributed by atoms with Crippen molar-refractivity contribution in [2.45, 2.75) is 6.42 Å². The van der Waals surface area contributed by atoms with E-state index in [1.165, 1.54) is 5.56 Å². The lowest BCUT2D eigenvalue weighted by molar-refractivity contribution is 1.27. The topological polar surface area (TPSA) is 0 Å². The molecule has 0 unspecified atom stereocenters. The summed E-state index contributed by atoms with van der Waals surface area (Å²) in [5.74, 6) is 0. The van der Waals surface area contributed by atoms with E-state index in [1.807, 2.05) is 0 Å². The largest absolute Gasteiger partial charge is 0.152 e. The van der Waals surface area contributed by atoms with Crippen molar-refractivity contribution >= 4 is 33.3 Å². The molecule has 54 valence electrons. The van der Waals surface area contributed by atoms with Gasteiger partial charge in [0.15, 0.2) is 0 Å². The molecule has 0 aliphatic heterocycles. The molecule has 0 radical (unpaired) electrons. The van der Waals surface area contributed by atoms with Gasteiger partial charge in [-0.2, -0.15) is 11.3 Å². The van der Waals surface area contributed by atoms with Crippen molar-refractivity contribution in [3.05, 3.63) is 28.5 Å². The van der Waals surface area contributed by atoms with Crippen LogP contribution in [0.2, 0.25) is 0 Å². The molecule has 0 aliphatic rings. The predicted molar refractivity (Wildman–Crippen MR) is 51.8 cm³/mol. The normalized spacial score (nSPS) is 10.9. The second-order valence-corrected chi connectivity index (χ2v) is 3.51. The van der Waals surface area contributed by atoms with Gasteiger partial charge in [0.05, 0.1) is 0 Å². The lowest BCUT2D eigenvalue weighted by atomic mass is 10.3. The van der Waals surface area contributed by atoms with Crippen molar-refractivity contribution < 1.29 is 0 Å². The van der Waals surface area contributed by atoms with Crippen molar-refractivity contribution in [3.8, 4) is 0 Å². The van der Waals surface area contributed by atoms with Gasteiger partial charge in [0.25, 0.3) is 0 Å². The Labute approximate surface area is 73.7 Å². The van der Waals surface area contributed by atoms with Gasteiger partial charge < -0.3 is 0 Å². The first-order valence-corrected chi connectivity index (χ1v) is 5.24. The van der Waals surface area contributed by atoms with Crippen molar-refractivity contribution in [1.82, 2.24) is 0 Å². The molecule has 0 saturated carbocycles. The smallest absolute Gasteiger partial charge is 0.00660 e. The molecule has 0 aromatic carbocycles. The van der Waals surface area contributed by atoms with Crippen LogP contribution >= 0.6 is 27.3 Å². The summed E-state index contributed by atoms with van der Waals surface area (Å²) in [4.78, 5) is 0. The summed E-state index contributed by atoms with van der Waals surface area (Å²) in [6.45, 7) is 0. The van der Waals surface area contributed by atoms with Gasteiger partial charge in [0.2, 0.25) is 0 Å². The predicted octanol–water partition coefficient (Wildman–Crippen LogP) is 3.55. The van der Waals surface area contributed by atoms with E-state index in [9.17, 15) is 0 Å². The molecule has 0 N–H and O–H groups in total. The summed E-state index contributed by atoms with van der Waals surface area (Å²) < 4.78 is 0. The van der Waals surface area contributed by atoms with Crippen LogP contribution in [0.3, 0.4) is 0 Å². The molecule has 1 heterocycles. The number of rotatable bonds is 3. The van der Waals surface area contributed by atoms with Gasteiger partial charge in [-0.05, 0) is 28.8 Å². The molecule has 0 aliphatic carbocycles. The fourth-order valence-corrected chi connectivity index (χ4v) is 1.55. The minimum atomic E-state index is 1.05. The van der Waals surface area contributed by atoms with Crippen LogP contribution in [-0.2, 0) is 0 Å². The van der Waals surface area contributed by atoms with E-state index in [0.29, 0.717) is 0 Å². The molecular formula is C8H9BrS. The third-order valence-electron chi connectivity index (χ3n) is 1.13. The maximum absolute atomic E-state index is 3.37. The van der Waals surface area contributed by atoms with Crippen molar-refractivity contribution in [2.75, 3.05) is 5.33 Å². The summed E-state index contributed by atoms with van der Waals surface area (Å²) in [5.41, 5.74) is 1.31. The van der Waals surface area contributed by atoms with E-state index < -0.39 is 0 Å². The lowest BCUT2D eigenvalue weighted by Crippen LogP contribution is -1.65. The molecule has 0 spiro atoms. The lowest BCUT2D eigenvalue weighted by Gasteiger charge is -1.82. The second kappa shape index (κ2) is 4.69. The fourth-order valence-electron chi connectivity index (χ4n) is 0.652. The van der Waals surface area contributed by atoms with Crippen molar-refractivity contribution in [3.63, 3.8) is 0 Å². The fraction of sp³-hybridized carbons (Fsp3) is 0.250. The summed E-state index contributed by atoms with van der Waals surface area (Å²) in [6, 6.07) is 2.12. The third kappa shape index (κ3) is 2.67. The van der Waals surface area contributed by atoms with Crippen LogP contribution in [0.4, 0.5) is 0 Å². The first kappa shape index (κ1) is 8.02. The number of allylic oxidation sites excluding steroid dienone is 1. The van der Waals surface area contributed by atoms with Crippen molar-refractivity contribution in [2.24, 2.45) is 0 Å². The summed E-state index contributed by atoms with van der Waals surface area (Å²) in [7, 11) is 0. The molecule has 1 aromatic rings. The van der Waals surface area contributed by atoms with Gasteiger partial charge in [0, 0.05) is 5.33 Å². The number of alkyl halides is 1. The maximum Gasteiger partial charge on any atom is 0.00660 e. The highest BCUT2D eigenvalue weighted by atomic mass is 79.9. The SMILES string of the molecule is BrCCC=Cc1ccsc1. The first-order chi connectivity index (χ1) is 4.93. The number of hydrogen-bond acceptors (Lipinski definition) is 1. The van der Waals surface area contributed by atoms with Gasteiger partial charge >= 0.3 is 0 Å². The zero-order valence-electron chi connectivity index (χ0n) is 5.59. The Kier molecular flexibility index (Phi) is 3.76. The van der Waals surface area contributed by atoms with Gasteiger partial charge in [0.1, 0.15) is 0 Å². The summed E-state index contributed by atoms with van der Waals surface area (Å²) in [5, 5.41) is 5.28. The third-order valence-corrected chi connectivity index (χ3v) is 2.29. The Balaban J connectivity index is 2.40. The Morgan fingerprint density at radius 1 is 1.60 bits per heavy atom.